The molecule has 0 heterocycles. The lowest BCUT2D eigenvalue weighted by Gasteiger charge is -2.14. The summed E-state index contributed by atoms with van der Waals surface area (Å²) < 4.78 is 28.4. The molecule has 0 bridgehead atoms. The fourth-order valence-electron chi connectivity index (χ4n) is 1.73. The molecule has 1 aliphatic rings. The molecule has 0 atom stereocenters. The fourth-order valence-corrected chi connectivity index (χ4v) is 4.56. The second kappa shape index (κ2) is 5.44. The molecule has 0 saturated heterocycles. The van der Waals surface area contributed by atoms with Gasteiger partial charge in [-0.25, -0.2) is 13.1 Å². The first kappa shape index (κ1) is 15.4. The molecular formula is C12H15Br2NO3S. The van der Waals surface area contributed by atoms with Crippen molar-refractivity contribution in [2.24, 2.45) is 5.41 Å². The Balaban J connectivity index is 2.22. The maximum atomic E-state index is 12.3. The van der Waals surface area contributed by atoms with E-state index in [1.807, 2.05) is 6.92 Å². The van der Waals surface area contributed by atoms with Crippen molar-refractivity contribution >= 4 is 41.9 Å². The highest BCUT2D eigenvalue weighted by Crippen LogP contribution is 2.44. The van der Waals surface area contributed by atoms with E-state index in [1.165, 1.54) is 0 Å². The average Bonchev–Trinajstić information content (AvgIpc) is 3.12. The monoisotopic (exact) mass is 411 g/mol. The minimum absolute atomic E-state index is 0.0221. The van der Waals surface area contributed by atoms with Crippen LogP contribution in [-0.4, -0.2) is 26.7 Å². The van der Waals surface area contributed by atoms with Gasteiger partial charge in [0.2, 0.25) is 10.0 Å². The summed E-state index contributed by atoms with van der Waals surface area (Å²) in [4.78, 5) is 0.207. The molecule has 1 fully saturated rings. The minimum Gasteiger partial charge on any atom is -0.396 e. The van der Waals surface area contributed by atoms with Crippen LogP contribution in [0.1, 0.15) is 18.4 Å². The number of aliphatic hydroxyl groups is 1. The van der Waals surface area contributed by atoms with Crippen LogP contribution in [0.4, 0.5) is 0 Å². The first-order valence-corrected chi connectivity index (χ1v) is 8.93. The third-order valence-electron chi connectivity index (χ3n) is 3.43. The van der Waals surface area contributed by atoms with Gasteiger partial charge in [-0.1, -0.05) is 15.9 Å². The van der Waals surface area contributed by atoms with Gasteiger partial charge in [-0.05, 0) is 53.4 Å². The molecule has 1 saturated carbocycles. The van der Waals surface area contributed by atoms with Crippen LogP contribution in [0.3, 0.4) is 0 Å². The van der Waals surface area contributed by atoms with E-state index >= 15 is 0 Å². The number of rotatable bonds is 5. The molecule has 1 aromatic carbocycles. The van der Waals surface area contributed by atoms with Gasteiger partial charge in [0.15, 0.2) is 0 Å². The summed E-state index contributed by atoms with van der Waals surface area (Å²) in [5, 5.41) is 9.21. The Kier molecular flexibility index (Phi) is 4.42. The van der Waals surface area contributed by atoms with Crippen molar-refractivity contribution in [1.82, 2.24) is 4.72 Å². The maximum Gasteiger partial charge on any atom is 0.241 e. The normalized spacial score (nSPS) is 17.5. The summed E-state index contributed by atoms with van der Waals surface area (Å²) >= 11 is 6.62. The molecule has 1 aromatic rings. The number of benzene rings is 1. The first-order valence-electron chi connectivity index (χ1n) is 5.86. The molecule has 0 amide bonds. The predicted octanol–water partition coefficient (Wildman–Crippen LogP) is 2.57. The molecule has 0 unspecified atom stereocenters. The van der Waals surface area contributed by atoms with Gasteiger partial charge in [-0.2, -0.15) is 0 Å². The second-order valence-electron chi connectivity index (χ2n) is 5.01. The quantitative estimate of drug-likeness (QED) is 0.780. The topological polar surface area (TPSA) is 66.4 Å². The number of nitrogens with one attached hydrogen (secondary N) is 1. The van der Waals surface area contributed by atoms with E-state index in [2.05, 4.69) is 36.6 Å². The van der Waals surface area contributed by atoms with Crippen LogP contribution in [0.15, 0.2) is 26.0 Å². The largest absolute Gasteiger partial charge is 0.396 e. The predicted molar refractivity (Wildman–Crippen MR) is 80.5 cm³/mol. The van der Waals surface area contributed by atoms with Gasteiger partial charge in [0, 0.05) is 27.5 Å². The molecule has 0 spiro atoms. The highest BCUT2D eigenvalue weighted by atomic mass is 79.9. The minimum atomic E-state index is -3.57. The van der Waals surface area contributed by atoms with Crippen LogP contribution in [-0.2, 0) is 10.0 Å². The summed E-state index contributed by atoms with van der Waals surface area (Å²) in [6, 6.07) is 3.35. The molecular weight excluding hydrogens is 398 g/mol. The van der Waals surface area contributed by atoms with Gasteiger partial charge >= 0.3 is 0 Å². The number of aryl methyl sites for hydroxylation is 1. The van der Waals surface area contributed by atoms with Crippen molar-refractivity contribution < 1.29 is 13.5 Å². The van der Waals surface area contributed by atoms with Gasteiger partial charge in [0.05, 0.1) is 4.90 Å². The van der Waals surface area contributed by atoms with Gasteiger partial charge in [0.1, 0.15) is 0 Å². The molecule has 4 nitrogen and oxygen atoms in total. The van der Waals surface area contributed by atoms with Crippen LogP contribution in [0.25, 0.3) is 0 Å². The highest BCUT2D eigenvalue weighted by molar-refractivity contribution is 9.11. The van der Waals surface area contributed by atoms with Crippen LogP contribution in [0.2, 0.25) is 0 Å². The molecule has 1 aliphatic carbocycles. The lowest BCUT2D eigenvalue weighted by Crippen LogP contribution is -2.32. The molecule has 7 heteroatoms. The van der Waals surface area contributed by atoms with Crippen molar-refractivity contribution in [2.45, 2.75) is 24.7 Å². The van der Waals surface area contributed by atoms with Crippen LogP contribution in [0, 0.1) is 12.3 Å². The Morgan fingerprint density at radius 2 is 1.95 bits per heavy atom. The summed E-state index contributed by atoms with van der Waals surface area (Å²) in [7, 11) is -3.57. The number of sulfonamides is 1. The van der Waals surface area contributed by atoms with Gasteiger partial charge in [-0.3, -0.25) is 0 Å². The molecule has 0 aromatic heterocycles. The Hall–Kier alpha value is 0.0500. The standard InChI is InChI=1S/C12H15Br2NO3S/c1-8-4-10(14)11(5-9(8)13)19(17,18)15-6-12(7-16)2-3-12/h4-5,15-16H,2-3,6-7H2,1H3. The van der Waals surface area contributed by atoms with Gasteiger partial charge < -0.3 is 5.11 Å². The van der Waals surface area contributed by atoms with Gasteiger partial charge in [0.25, 0.3) is 0 Å². The van der Waals surface area contributed by atoms with E-state index in [1.54, 1.807) is 12.1 Å². The first-order chi connectivity index (χ1) is 8.80. The second-order valence-corrected chi connectivity index (χ2v) is 8.46. The van der Waals surface area contributed by atoms with E-state index in [4.69, 9.17) is 0 Å². The Morgan fingerprint density at radius 3 is 2.47 bits per heavy atom. The van der Waals surface area contributed by atoms with E-state index < -0.39 is 10.0 Å². The Morgan fingerprint density at radius 1 is 1.32 bits per heavy atom. The van der Waals surface area contributed by atoms with Crippen LogP contribution < -0.4 is 4.72 Å². The summed E-state index contributed by atoms with van der Waals surface area (Å²) in [5.74, 6) is 0. The zero-order chi connectivity index (χ0) is 14.3. The molecule has 19 heavy (non-hydrogen) atoms. The van der Waals surface area contributed by atoms with Crippen LogP contribution >= 0.6 is 31.9 Å². The fraction of sp³-hybridized carbons (Fsp3) is 0.500. The van der Waals surface area contributed by atoms with Crippen molar-refractivity contribution in [3.63, 3.8) is 0 Å². The van der Waals surface area contributed by atoms with E-state index in [9.17, 15) is 13.5 Å². The number of hydrogen-bond acceptors (Lipinski definition) is 3. The molecule has 0 aliphatic heterocycles. The van der Waals surface area contributed by atoms with E-state index in [0.717, 1.165) is 22.9 Å². The summed E-state index contributed by atoms with van der Waals surface area (Å²) in [5.41, 5.74) is 0.710. The zero-order valence-corrected chi connectivity index (χ0v) is 14.4. The van der Waals surface area contributed by atoms with E-state index in [0.29, 0.717) is 4.47 Å². The van der Waals surface area contributed by atoms with Crippen LogP contribution in [0.5, 0.6) is 0 Å². The molecule has 106 valence electrons. The van der Waals surface area contributed by atoms with Crippen molar-refractivity contribution in [3.05, 3.63) is 26.6 Å². The SMILES string of the molecule is Cc1cc(Br)c(S(=O)(=O)NCC2(CO)CC2)cc1Br. The maximum absolute atomic E-state index is 12.3. The summed E-state index contributed by atoms with van der Waals surface area (Å²) in [6.45, 7) is 2.20. The Bertz CT molecular complexity index is 597. The third-order valence-corrected chi connectivity index (χ3v) is 6.65. The lowest BCUT2D eigenvalue weighted by atomic mass is 10.1. The number of hydrogen-bond donors (Lipinski definition) is 2. The Labute approximate surface area is 129 Å². The zero-order valence-electron chi connectivity index (χ0n) is 10.4. The van der Waals surface area contributed by atoms with Crippen molar-refractivity contribution in [1.29, 1.82) is 0 Å². The lowest BCUT2D eigenvalue weighted by molar-refractivity contribution is 0.213. The molecule has 2 N–H and O–H groups in total. The van der Waals surface area contributed by atoms with E-state index in [-0.39, 0.29) is 23.5 Å². The third kappa shape index (κ3) is 3.39. The highest BCUT2D eigenvalue weighted by Gasteiger charge is 2.42. The van der Waals surface area contributed by atoms with Crippen molar-refractivity contribution in [2.75, 3.05) is 13.2 Å². The van der Waals surface area contributed by atoms with Crippen molar-refractivity contribution in [3.8, 4) is 0 Å². The number of halogens is 2. The molecule has 2 rings (SSSR count). The smallest absolute Gasteiger partial charge is 0.241 e. The molecule has 0 radical (unpaired) electrons. The average molecular weight is 413 g/mol. The van der Waals surface area contributed by atoms with Gasteiger partial charge in [-0.15, -0.1) is 0 Å². The number of aliphatic hydroxyl groups excluding tert-OH is 1. The summed E-state index contributed by atoms with van der Waals surface area (Å²) in [6.07, 6.45) is 1.73.